The Morgan fingerprint density at radius 3 is 2.50 bits per heavy atom. The number of benzene rings is 2. The van der Waals surface area contributed by atoms with Crippen LogP contribution in [-0.2, 0) is 22.2 Å². The maximum Gasteiger partial charge on any atom is 0.586 e. The Balaban J connectivity index is 1.40. The van der Waals surface area contributed by atoms with Gasteiger partial charge in [0.25, 0.3) is 0 Å². The summed E-state index contributed by atoms with van der Waals surface area (Å²) >= 11 is 0. The van der Waals surface area contributed by atoms with E-state index in [2.05, 4.69) is 65.4 Å². The van der Waals surface area contributed by atoms with Crippen molar-refractivity contribution >= 4 is 30.3 Å². The van der Waals surface area contributed by atoms with Gasteiger partial charge in [-0.3, -0.25) is 4.79 Å². The molecule has 0 saturated heterocycles. The summed E-state index contributed by atoms with van der Waals surface area (Å²) in [5.74, 6) is 0.253. The van der Waals surface area contributed by atoms with Crippen LogP contribution in [0.2, 0.25) is 5.82 Å². The highest BCUT2D eigenvalue weighted by Crippen LogP contribution is 2.52. The molecule has 1 saturated carbocycles. The molecule has 2 heterocycles. The van der Waals surface area contributed by atoms with Gasteiger partial charge in [0, 0.05) is 34.2 Å². The molecule has 1 aliphatic carbocycles. The average Bonchev–Trinajstić information content (AvgIpc) is 3.43. The van der Waals surface area contributed by atoms with Gasteiger partial charge in [-0.05, 0) is 74.2 Å². The number of nitrogens with zero attached hydrogens (tertiary/aromatic N) is 1. The van der Waals surface area contributed by atoms with Crippen LogP contribution in [-0.4, -0.2) is 38.2 Å². The summed E-state index contributed by atoms with van der Waals surface area (Å²) in [6, 6.07) is 12.8. The molecule has 0 radical (unpaired) electrons. The maximum atomic E-state index is 13.4. The van der Waals surface area contributed by atoms with Crippen LogP contribution in [0.1, 0.15) is 44.9 Å². The molecule has 0 bridgehead atoms. The lowest BCUT2D eigenvalue weighted by atomic mass is 9.86. The quantitative estimate of drug-likeness (QED) is 0.472. The molecule has 1 fully saturated rings. The lowest BCUT2D eigenvalue weighted by Gasteiger charge is -2.24. The fourth-order valence-electron chi connectivity index (χ4n) is 5.16. The lowest BCUT2D eigenvalue weighted by Crippen LogP contribution is -2.27. The molecule has 1 atom stereocenters. The zero-order valence-electron chi connectivity index (χ0n) is 21.4. The molecule has 190 valence electrons. The van der Waals surface area contributed by atoms with Crippen molar-refractivity contribution in [3.8, 4) is 11.5 Å². The van der Waals surface area contributed by atoms with Crippen molar-refractivity contribution in [1.29, 1.82) is 0 Å². The molecule has 2 N–H and O–H groups in total. The Bertz CT molecular complexity index is 1330. The van der Waals surface area contributed by atoms with E-state index in [1.807, 2.05) is 19.2 Å². The second-order valence-corrected chi connectivity index (χ2v) is 11.2. The summed E-state index contributed by atoms with van der Waals surface area (Å²) in [6.45, 7) is 8.45. The molecule has 3 aromatic rings. The zero-order valence-corrected chi connectivity index (χ0v) is 21.4. The van der Waals surface area contributed by atoms with Gasteiger partial charge in [0.05, 0.1) is 5.41 Å². The van der Waals surface area contributed by atoms with Crippen molar-refractivity contribution in [3.63, 3.8) is 0 Å². The number of ether oxygens (including phenoxy) is 2. The smallest absolute Gasteiger partial charge is 0.395 e. The number of carbonyl (C=O) groups excluding carboxylic acids is 1. The van der Waals surface area contributed by atoms with Gasteiger partial charge in [-0.25, -0.2) is 0 Å². The van der Waals surface area contributed by atoms with Crippen LogP contribution in [0, 0.1) is 0 Å². The first-order valence-electron chi connectivity index (χ1n) is 12.4. The van der Waals surface area contributed by atoms with Gasteiger partial charge in [0.15, 0.2) is 11.5 Å². The third kappa shape index (κ3) is 4.45. The monoisotopic (exact) mass is 495 g/mol. The van der Waals surface area contributed by atoms with Gasteiger partial charge >= 0.3 is 6.29 Å². The molecule has 5 rings (SSSR count). The van der Waals surface area contributed by atoms with Crippen LogP contribution in [0.15, 0.2) is 42.5 Å². The van der Waals surface area contributed by atoms with E-state index < -0.39 is 11.7 Å². The van der Waals surface area contributed by atoms with Gasteiger partial charge in [0.1, 0.15) is 7.85 Å². The Kier molecular flexibility index (Phi) is 5.82. The summed E-state index contributed by atoms with van der Waals surface area (Å²) in [4.78, 5) is 13.4. The average molecular weight is 495 g/mol. The predicted molar refractivity (Wildman–Crippen MR) is 139 cm³/mol. The normalized spacial score (nSPS) is 18.3. The van der Waals surface area contributed by atoms with Crippen molar-refractivity contribution in [2.45, 2.75) is 63.1 Å². The highest BCUT2D eigenvalue weighted by molar-refractivity contribution is 6.11. The summed E-state index contributed by atoms with van der Waals surface area (Å²) in [7, 11) is 4.20. The lowest BCUT2D eigenvalue weighted by molar-refractivity contribution is -0.286. The minimum atomic E-state index is -3.68. The topological polar surface area (TPSA) is 64.5 Å². The highest BCUT2D eigenvalue weighted by atomic mass is 19.3. The molecule has 2 aromatic carbocycles. The number of rotatable bonds is 7. The van der Waals surface area contributed by atoms with Crippen molar-refractivity contribution in [2.24, 2.45) is 0 Å². The third-order valence-electron chi connectivity index (χ3n) is 7.11. The third-order valence-corrected chi connectivity index (χ3v) is 7.11. The van der Waals surface area contributed by atoms with E-state index in [9.17, 15) is 13.6 Å². The second-order valence-electron chi connectivity index (χ2n) is 11.2. The fourth-order valence-corrected chi connectivity index (χ4v) is 5.16. The van der Waals surface area contributed by atoms with Crippen molar-refractivity contribution < 1.29 is 23.0 Å². The SMILES string of the molecule is BC(CNC)Cn1c(C(C)(C)C)cc2cc(NC(=O)C3(c4ccc5c(c4)OC(F)(F)O5)CC3)ccc21. The van der Waals surface area contributed by atoms with Crippen LogP contribution in [0.25, 0.3) is 10.9 Å². The number of aromatic nitrogens is 1. The van der Waals surface area contributed by atoms with E-state index in [0.29, 0.717) is 29.9 Å². The molecule has 1 unspecified atom stereocenters. The van der Waals surface area contributed by atoms with Crippen LogP contribution in [0.5, 0.6) is 11.5 Å². The van der Waals surface area contributed by atoms with Crippen molar-refractivity contribution in [3.05, 3.63) is 53.7 Å². The van der Waals surface area contributed by atoms with E-state index in [4.69, 9.17) is 0 Å². The zero-order chi connectivity index (χ0) is 25.9. The van der Waals surface area contributed by atoms with Crippen molar-refractivity contribution in [1.82, 2.24) is 9.88 Å². The van der Waals surface area contributed by atoms with E-state index in [1.54, 1.807) is 6.07 Å². The first-order valence-corrected chi connectivity index (χ1v) is 12.4. The second kappa shape index (κ2) is 8.51. The minimum absolute atomic E-state index is 0.0198. The van der Waals surface area contributed by atoms with Gasteiger partial charge in [-0.15, -0.1) is 8.78 Å². The number of halogens is 2. The van der Waals surface area contributed by atoms with E-state index >= 15 is 0 Å². The van der Waals surface area contributed by atoms with E-state index in [-0.39, 0.29) is 22.8 Å². The predicted octanol–water partition coefficient (Wildman–Crippen LogP) is 4.57. The minimum Gasteiger partial charge on any atom is -0.395 e. The van der Waals surface area contributed by atoms with E-state index in [1.165, 1.54) is 17.8 Å². The number of hydrogen-bond acceptors (Lipinski definition) is 4. The molecular weight excluding hydrogens is 463 g/mol. The van der Waals surface area contributed by atoms with Crippen LogP contribution < -0.4 is 20.1 Å². The molecular formula is C27H32BF2N3O3. The van der Waals surface area contributed by atoms with Crippen LogP contribution in [0.3, 0.4) is 0 Å². The van der Waals surface area contributed by atoms with Gasteiger partial charge in [-0.1, -0.05) is 26.8 Å². The van der Waals surface area contributed by atoms with Gasteiger partial charge < -0.3 is 24.7 Å². The molecule has 1 amide bonds. The number of anilines is 1. The number of fused-ring (bicyclic) bond motifs is 2. The molecule has 1 aliphatic heterocycles. The largest absolute Gasteiger partial charge is 0.586 e. The summed E-state index contributed by atoms with van der Waals surface area (Å²) < 4.78 is 38.3. The number of alkyl halides is 2. The standard InChI is InChI=1S/C27H32BF2N3O3/c1-25(2,3)23-12-16-11-19(6-7-20(16)33(23)15-18(28)14-31-4)32-24(34)26(9-10-26)17-5-8-21-22(13-17)36-27(29,30)35-21/h5-8,11-13,18,31H,9-10,14-15,28H2,1-4H3,(H,32,34). The Morgan fingerprint density at radius 1 is 1.11 bits per heavy atom. The molecule has 6 nitrogen and oxygen atoms in total. The summed E-state index contributed by atoms with van der Waals surface area (Å²) in [6.07, 6.45) is -2.39. The van der Waals surface area contributed by atoms with Crippen LogP contribution >= 0.6 is 0 Å². The molecule has 36 heavy (non-hydrogen) atoms. The highest BCUT2D eigenvalue weighted by Gasteiger charge is 2.52. The number of carbonyl (C=O) groups is 1. The Labute approximate surface area is 210 Å². The van der Waals surface area contributed by atoms with Gasteiger partial charge in [0.2, 0.25) is 5.91 Å². The first-order chi connectivity index (χ1) is 16.9. The summed E-state index contributed by atoms with van der Waals surface area (Å²) in [5, 5.41) is 7.40. The van der Waals surface area contributed by atoms with Crippen molar-refractivity contribution in [2.75, 3.05) is 18.9 Å². The molecule has 9 heteroatoms. The first kappa shape index (κ1) is 24.6. The maximum absolute atomic E-state index is 13.4. The Morgan fingerprint density at radius 2 is 1.83 bits per heavy atom. The van der Waals surface area contributed by atoms with Gasteiger partial charge in [-0.2, -0.15) is 0 Å². The number of amides is 1. The summed E-state index contributed by atoms with van der Waals surface area (Å²) in [5.41, 5.74) is 2.97. The van der Waals surface area contributed by atoms with Crippen LogP contribution in [0.4, 0.5) is 14.5 Å². The fraction of sp³-hybridized carbons (Fsp3) is 0.444. The van der Waals surface area contributed by atoms with E-state index in [0.717, 1.165) is 24.0 Å². The molecule has 0 spiro atoms. The molecule has 1 aromatic heterocycles. The Hall–Kier alpha value is -3.07. The molecule has 2 aliphatic rings. The number of nitrogens with one attached hydrogen (secondary N) is 2. The number of hydrogen-bond donors (Lipinski definition) is 2.